The normalized spacial score (nSPS) is 31.0. The van der Waals surface area contributed by atoms with Gasteiger partial charge in [0, 0.05) is 16.2 Å². The van der Waals surface area contributed by atoms with Gasteiger partial charge in [-0.25, -0.2) is 0 Å². The van der Waals surface area contributed by atoms with Crippen LogP contribution in [0, 0.1) is 5.92 Å². The molecule has 2 heteroatoms. The summed E-state index contributed by atoms with van der Waals surface area (Å²) in [5.74, 6) is 0.695. The van der Waals surface area contributed by atoms with Crippen LogP contribution in [0.15, 0.2) is 12.1 Å². The third-order valence-electron chi connectivity index (χ3n) is 3.40. The molecule has 1 aromatic heterocycles. The van der Waals surface area contributed by atoms with Crippen molar-refractivity contribution in [2.24, 2.45) is 5.92 Å². The first-order chi connectivity index (χ1) is 7.11. The van der Waals surface area contributed by atoms with Gasteiger partial charge in [0.2, 0.25) is 0 Å². The molecule has 0 saturated heterocycles. The molecule has 2 atom stereocenters. The van der Waals surface area contributed by atoms with Gasteiger partial charge >= 0.3 is 0 Å². The first-order valence-corrected chi connectivity index (χ1v) is 6.73. The van der Waals surface area contributed by atoms with Gasteiger partial charge in [0.15, 0.2) is 0 Å². The molecule has 0 spiro atoms. The van der Waals surface area contributed by atoms with E-state index in [0.29, 0.717) is 5.92 Å². The maximum Gasteiger partial charge on any atom is 0.0698 e. The topological polar surface area (TPSA) is 20.2 Å². The van der Waals surface area contributed by atoms with Gasteiger partial charge in [0.05, 0.1) is 5.60 Å². The number of hydrogen-bond donors (Lipinski definition) is 1. The standard InChI is InChI=1S/C13H20OS/c1-3-11-4-5-12(15-11)9-13(14)7-6-10(2)8-13/h4-5,10,14H,3,6-9H2,1-2H3. The summed E-state index contributed by atoms with van der Waals surface area (Å²) in [7, 11) is 0. The fraction of sp³-hybridized carbons (Fsp3) is 0.692. The van der Waals surface area contributed by atoms with Crippen LogP contribution in [0.3, 0.4) is 0 Å². The lowest BCUT2D eigenvalue weighted by Gasteiger charge is -2.21. The Labute approximate surface area is 96.1 Å². The van der Waals surface area contributed by atoms with E-state index in [1.54, 1.807) is 0 Å². The molecule has 1 fully saturated rings. The molecule has 0 aromatic carbocycles. The molecule has 2 unspecified atom stereocenters. The highest BCUT2D eigenvalue weighted by molar-refractivity contribution is 7.12. The molecule has 15 heavy (non-hydrogen) atoms. The molecule has 0 aliphatic heterocycles. The Kier molecular flexibility index (Phi) is 3.17. The van der Waals surface area contributed by atoms with Gasteiger partial charge in [-0.3, -0.25) is 0 Å². The Bertz CT molecular complexity index is 331. The molecule has 84 valence electrons. The van der Waals surface area contributed by atoms with Crippen molar-refractivity contribution in [3.63, 3.8) is 0 Å². The maximum atomic E-state index is 10.4. The molecule has 1 saturated carbocycles. The molecule has 1 aliphatic carbocycles. The minimum absolute atomic E-state index is 0.407. The molecule has 0 radical (unpaired) electrons. The van der Waals surface area contributed by atoms with Crippen LogP contribution in [0.2, 0.25) is 0 Å². The van der Waals surface area contributed by atoms with Crippen molar-refractivity contribution in [1.82, 2.24) is 0 Å². The van der Waals surface area contributed by atoms with Crippen molar-refractivity contribution < 1.29 is 5.11 Å². The number of aliphatic hydroxyl groups is 1. The molecule has 2 rings (SSSR count). The van der Waals surface area contributed by atoms with E-state index < -0.39 is 5.60 Å². The minimum Gasteiger partial charge on any atom is -0.390 e. The average molecular weight is 224 g/mol. The van der Waals surface area contributed by atoms with E-state index in [1.165, 1.54) is 16.2 Å². The Balaban J connectivity index is 2.02. The molecule has 1 aliphatic rings. The zero-order valence-electron chi connectivity index (χ0n) is 9.62. The van der Waals surface area contributed by atoms with E-state index in [0.717, 1.165) is 25.7 Å². The summed E-state index contributed by atoms with van der Waals surface area (Å²) in [6.45, 7) is 4.42. The van der Waals surface area contributed by atoms with Crippen LogP contribution in [-0.2, 0) is 12.8 Å². The van der Waals surface area contributed by atoms with Crippen LogP contribution in [0.1, 0.15) is 42.9 Å². The highest BCUT2D eigenvalue weighted by Crippen LogP contribution is 2.37. The van der Waals surface area contributed by atoms with Crippen LogP contribution in [0.4, 0.5) is 0 Å². The SMILES string of the molecule is CCc1ccc(CC2(O)CCC(C)C2)s1. The Morgan fingerprint density at radius 2 is 2.20 bits per heavy atom. The van der Waals surface area contributed by atoms with Gasteiger partial charge in [-0.15, -0.1) is 11.3 Å². The Morgan fingerprint density at radius 1 is 1.47 bits per heavy atom. The lowest BCUT2D eigenvalue weighted by Crippen LogP contribution is -2.27. The van der Waals surface area contributed by atoms with Gasteiger partial charge in [-0.05, 0) is 43.7 Å². The number of rotatable bonds is 3. The fourth-order valence-electron chi connectivity index (χ4n) is 2.56. The molecular weight excluding hydrogens is 204 g/mol. The predicted octanol–water partition coefficient (Wildman–Crippen LogP) is 3.40. The molecule has 1 nitrogen and oxygen atoms in total. The molecule has 1 aromatic rings. The van der Waals surface area contributed by atoms with Gasteiger partial charge in [-0.1, -0.05) is 13.8 Å². The molecular formula is C13H20OS. The second-order valence-electron chi connectivity index (χ2n) is 4.97. The van der Waals surface area contributed by atoms with Crippen LogP contribution in [-0.4, -0.2) is 10.7 Å². The van der Waals surface area contributed by atoms with E-state index >= 15 is 0 Å². The lowest BCUT2D eigenvalue weighted by atomic mass is 9.96. The second kappa shape index (κ2) is 4.26. The van der Waals surface area contributed by atoms with E-state index in [4.69, 9.17) is 0 Å². The smallest absolute Gasteiger partial charge is 0.0698 e. The number of thiophene rings is 1. The van der Waals surface area contributed by atoms with Crippen molar-refractivity contribution in [1.29, 1.82) is 0 Å². The van der Waals surface area contributed by atoms with Crippen molar-refractivity contribution >= 4 is 11.3 Å². The number of aryl methyl sites for hydroxylation is 1. The molecule has 1 N–H and O–H groups in total. The third-order valence-corrected chi connectivity index (χ3v) is 4.63. The van der Waals surface area contributed by atoms with Crippen molar-refractivity contribution in [3.8, 4) is 0 Å². The number of hydrogen-bond acceptors (Lipinski definition) is 2. The molecule has 0 bridgehead atoms. The average Bonchev–Trinajstić information content (AvgIpc) is 2.74. The third kappa shape index (κ3) is 2.61. The van der Waals surface area contributed by atoms with E-state index in [9.17, 15) is 5.11 Å². The van der Waals surface area contributed by atoms with Gasteiger partial charge < -0.3 is 5.11 Å². The summed E-state index contributed by atoms with van der Waals surface area (Å²) < 4.78 is 0. The van der Waals surface area contributed by atoms with E-state index in [1.807, 2.05) is 11.3 Å². The van der Waals surface area contributed by atoms with Crippen molar-refractivity contribution in [2.45, 2.75) is 51.6 Å². The largest absolute Gasteiger partial charge is 0.390 e. The highest BCUT2D eigenvalue weighted by Gasteiger charge is 2.35. The van der Waals surface area contributed by atoms with Crippen LogP contribution in [0.25, 0.3) is 0 Å². The summed E-state index contributed by atoms with van der Waals surface area (Å²) in [5.41, 5.74) is -0.407. The summed E-state index contributed by atoms with van der Waals surface area (Å²) in [6, 6.07) is 4.38. The van der Waals surface area contributed by atoms with Gasteiger partial charge in [0.1, 0.15) is 0 Å². The van der Waals surface area contributed by atoms with Crippen LogP contribution < -0.4 is 0 Å². The van der Waals surface area contributed by atoms with Crippen LogP contribution >= 0.6 is 11.3 Å². The monoisotopic (exact) mass is 224 g/mol. The molecule has 0 amide bonds. The van der Waals surface area contributed by atoms with Crippen molar-refractivity contribution in [2.75, 3.05) is 0 Å². The van der Waals surface area contributed by atoms with Gasteiger partial charge in [-0.2, -0.15) is 0 Å². The Hall–Kier alpha value is -0.340. The van der Waals surface area contributed by atoms with E-state index in [-0.39, 0.29) is 0 Å². The van der Waals surface area contributed by atoms with Gasteiger partial charge in [0.25, 0.3) is 0 Å². The first kappa shape index (κ1) is 11.2. The summed E-state index contributed by atoms with van der Waals surface area (Å²) in [6.07, 6.45) is 5.11. The summed E-state index contributed by atoms with van der Waals surface area (Å²) in [4.78, 5) is 2.78. The summed E-state index contributed by atoms with van der Waals surface area (Å²) in [5, 5.41) is 10.4. The summed E-state index contributed by atoms with van der Waals surface area (Å²) >= 11 is 1.86. The van der Waals surface area contributed by atoms with Crippen molar-refractivity contribution in [3.05, 3.63) is 21.9 Å². The molecule has 1 heterocycles. The fourth-order valence-corrected chi connectivity index (χ4v) is 3.65. The van der Waals surface area contributed by atoms with E-state index in [2.05, 4.69) is 26.0 Å². The zero-order chi connectivity index (χ0) is 10.9. The second-order valence-corrected chi connectivity index (χ2v) is 6.22. The first-order valence-electron chi connectivity index (χ1n) is 5.91. The quantitative estimate of drug-likeness (QED) is 0.834. The minimum atomic E-state index is -0.407. The predicted molar refractivity (Wildman–Crippen MR) is 65.4 cm³/mol. The maximum absolute atomic E-state index is 10.4. The highest BCUT2D eigenvalue weighted by atomic mass is 32.1. The lowest BCUT2D eigenvalue weighted by molar-refractivity contribution is 0.0454. The van der Waals surface area contributed by atoms with Crippen LogP contribution in [0.5, 0.6) is 0 Å². The Morgan fingerprint density at radius 3 is 2.73 bits per heavy atom. The zero-order valence-corrected chi connectivity index (χ0v) is 10.4.